The summed E-state index contributed by atoms with van der Waals surface area (Å²) in [5.41, 5.74) is -0.735. The molecule has 0 heterocycles. The van der Waals surface area contributed by atoms with E-state index in [9.17, 15) is 10.1 Å². The van der Waals surface area contributed by atoms with Crippen molar-refractivity contribution >= 4 is 5.91 Å². The predicted octanol–water partition coefficient (Wildman–Crippen LogP) is 3.40. The van der Waals surface area contributed by atoms with Crippen molar-refractivity contribution < 1.29 is 4.79 Å². The fraction of sp³-hybridized carbons (Fsp3) is 0.875. The lowest BCUT2D eigenvalue weighted by Crippen LogP contribution is -2.41. The first-order valence-corrected chi connectivity index (χ1v) is 7.86. The predicted molar refractivity (Wildman–Crippen MR) is 75.3 cm³/mol. The molecule has 0 bridgehead atoms. The number of nitrogens with one attached hydrogen (secondary N) is 1. The van der Waals surface area contributed by atoms with Gasteiger partial charge in [0, 0.05) is 6.54 Å². The molecule has 0 radical (unpaired) electrons. The van der Waals surface area contributed by atoms with Gasteiger partial charge in [0.2, 0.25) is 5.91 Å². The fourth-order valence-corrected chi connectivity index (χ4v) is 3.64. The second kappa shape index (κ2) is 6.41. The van der Waals surface area contributed by atoms with Gasteiger partial charge in [-0.05, 0) is 37.5 Å². The summed E-state index contributed by atoms with van der Waals surface area (Å²) >= 11 is 0. The Hall–Kier alpha value is -1.04. The van der Waals surface area contributed by atoms with E-state index in [4.69, 9.17) is 0 Å². The molecule has 2 atom stereocenters. The van der Waals surface area contributed by atoms with Crippen molar-refractivity contribution in [2.24, 2.45) is 17.3 Å². The number of carbonyl (C=O) groups excluding carboxylic acids is 1. The summed E-state index contributed by atoms with van der Waals surface area (Å²) in [6.45, 7) is 3.05. The smallest absolute Gasteiger partial charge is 0.240 e. The summed E-state index contributed by atoms with van der Waals surface area (Å²) in [5, 5.41) is 12.5. The Bertz CT molecular complexity index is 350. The van der Waals surface area contributed by atoms with Gasteiger partial charge in [0.05, 0.1) is 6.07 Å². The lowest BCUT2D eigenvalue weighted by atomic mass is 9.81. The number of nitriles is 1. The van der Waals surface area contributed by atoms with Crippen molar-refractivity contribution in [2.75, 3.05) is 6.54 Å². The van der Waals surface area contributed by atoms with Gasteiger partial charge < -0.3 is 5.32 Å². The maximum atomic E-state index is 12.4. The average molecular weight is 262 g/mol. The van der Waals surface area contributed by atoms with Crippen LogP contribution in [0.25, 0.3) is 0 Å². The molecule has 1 N–H and O–H groups in total. The van der Waals surface area contributed by atoms with E-state index in [2.05, 4.69) is 18.3 Å². The number of hydrogen-bond donors (Lipinski definition) is 1. The molecule has 0 saturated heterocycles. The van der Waals surface area contributed by atoms with Gasteiger partial charge in [-0.25, -0.2) is 0 Å². The monoisotopic (exact) mass is 262 g/mol. The largest absolute Gasteiger partial charge is 0.354 e. The van der Waals surface area contributed by atoms with Crippen molar-refractivity contribution in [1.82, 2.24) is 5.32 Å². The van der Waals surface area contributed by atoms with E-state index in [0.717, 1.165) is 51.0 Å². The van der Waals surface area contributed by atoms with Crippen LogP contribution in [-0.4, -0.2) is 12.5 Å². The Morgan fingerprint density at radius 3 is 2.47 bits per heavy atom. The summed E-state index contributed by atoms with van der Waals surface area (Å²) < 4.78 is 0. The Morgan fingerprint density at radius 1 is 1.26 bits per heavy atom. The van der Waals surface area contributed by atoms with Crippen molar-refractivity contribution in [2.45, 2.75) is 64.7 Å². The van der Waals surface area contributed by atoms with E-state index >= 15 is 0 Å². The molecule has 2 saturated carbocycles. The third-order valence-electron chi connectivity index (χ3n) is 4.96. The molecule has 0 aromatic heterocycles. The molecular weight excluding hydrogens is 236 g/mol. The normalized spacial score (nSPS) is 30.3. The molecule has 2 fully saturated rings. The van der Waals surface area contributed by atoms with Crippen LogP contribution in [0.2, 0.25) is 0 Å². The summed E-state index contributed by atoms with van der Waals surface area (Å²) in [5.74, 6) is 1.42. The van der Waals surface area contributed by atoms with Gasteiger partial charge >= 0.3 is 0 Å². The van der Waals surface area contributed by atoms with E-state index in [1.807, 2.05) is 0 Å². The van der Waals surface area contributed by atoms with Gasteiger partial charge in [-0.1, -0.05) is 39.0 Å². The molecule has 2 aliphatic carbocycles. The summed E-state index contributed by atoms with van der Waals surface area (Å²) in [6, 6.07) is 2.33. The molecule has 0 aromatic rings. The van der Waals surface area contributed by atoms with Crippen LogP contribution >= 0.6 is 0 Å². The third-order valence-corrected chi connectivity index (χ3v) is 4.96. The first kappa shape index (κ1) is 14.4. The van der Waals surface area contributed by atoms with Crippen LogP contribution < -0.4 is 5.32 Å². The second-order valence-corrected chi connectivity index (χ2v) is 6.60. The Balaban J connectivity index is 1.88. The molecule has 19 heavy (non-hydrogen) atoms. The van der Waals surface area contributed by atoms with Crippen LogP contribution in [0.5, 0.6) is 0 Å². The first-order valence-electron chi connectivity index (χ1n) is 7.86. The van der Waals surface area contributed by atoms with Crippen LogP contribution in [-0.2, 0) is 4.79 Å². The SMILES string of the molecule is CC1CCC(CNC(=O)C2(C#N)CCCCCC2)C1. The van der Waals surface area contributed by atoms with E-state index in [1.54, 1.807) is 0 Å². The molecular formula is C16H26N2O. The standard InChI is InChI=1S/C16H26N2O/c1-13-6-7-14(10-13)11-18-15(19)16(12-17)8-4-2-3-5-9-16/h13-14H,2-11H2,1H3,(H,18,19). The molecule has 0 spiro atoms. The van der Waals surface area contributed by atoms with Crippen molar-refractivity contribution in [3.05, 3.63) is 0 Å². The fourth-order valence-electron chi connectivity index (χ4n) is 3.64. The van der Waals surface area contributed by atoms with Crippen LogP contribution in [0.1, 0.15) is 64.7 Å². The topological polar surface area (TPSA) is 52.9 Å². The highest BCUT2D eigenvalue weighted by atomic mass is 16.2. The number of nitrogens with zero attached hydrogens (tertiary/aromatic N) is 1. The first-order chi connectivity index (χ1) is 9.16. The number of hydrogen-bond acceptors (Lipinski definition) is 2. The number of carbonyl (C=O) groups is 1. The van der Waals surface area contributed by atoms with Gasteiger partial charge in [0.15, 0.2) is 0 Å². The molecule has 2 unspecified atom stereocenters. The van der Waals surface area contributed by atoms with Crippen molar-refractivity contribution in [3.8, 4) is 6.07 Å². The van der Waals surface area contributed by atoms with E-state index in [0.29, 0.717) is 5.92 Å². The Kier molecular flexibility index (Phi) is 4.85. The minimum absolute atomic E-state index is 0.00328. The van der Waals surface area contributed by atoms with E-state index in [-0.39, 0.29) is 5.91 Å². The Labute approximate surface area is 116 Å². The highest BCUT2D eigenvalue weighted by Gasteiger charge is 2.39. The lowest BCUT2D eigenvalue weighted by molar-refractivity contribution is -0.129. The molecule has 3 nitrogen and oxygen atoms in total. The highest BCUT2D eigenvalue weighted by Crippen LogP contribution is 2.35. The summed E-state index contributed by atoms with van der Waals surface area (Å²) in [6.07, 6.45) is 9.58. The average Bonchev–Trinajstić information content (AvgIpc) is 2.69. The minimum Gasteiger partial charge on any atom is -0.354 e. The van der Waals surface area contributed by atoms with Crippen LogP contribution in [0.4, 0.5) is 0 Å². The molecule has 0 aromatic carbocycles. The molecule has 2 rings (SSSR count). The van der Waals surface area contributed by atoms with Crippen LogP contribution in [0.15, 0.2) is 0 Å². The Morgan fingerprint density at radius 2 is 1.95 bits per heavy atom. The highest BCUT2D eigenvalue weighted by molar-refractivity contribution is 5.85. The van der Waals surface area contributed by atoms with E-state index in [1.165, 1.54) is 19.3 Å². The van der Waals surface area contributed by atoms with Gasteiger partial charge in [-0.2, -0.15) is 5.26 Å². The molecule has 3 heteroatoms. The van der Waals surface area contributed by atoms with Crippen LogP contribution in [0, 0.1) is 28.6 Å². The molecule has 1 amide bonds. The van der Waals surface area contributed by atoms with Crippen molar-refractivity contribution in [1.29, 1.82) is 5.26 Å². The van der Waals surface area contributed by atoms with Gasteiger partial charge in [-0.3, -0.25) is 4.79 Å². The maximum Gasteiger partial charge on any atom is 0.240 e. The maximum absolute atomic E-state index is 12.4. The summed E-state index contributed by atoms with van der Waals surface area (Å²) in [4.78, 5) is 12.4. The zero-order valence-electron chi connectivity index (χ0n) is 12.1. The van der Waals surface area contributed by atoms with Gasteiger partial charge in [0.1, 0.15) is 5.41 Å². The van der Waals surface area contributed by atoms with Gasteiger partial charge in [0.25, 0.3) is 0 Å². The number of rotatable bonds is 3. The quantitative estimate of drug-likeness (QED) is 0.792. The lowest BCUT2D eigenvalue weighted by Gasteiger charge is -2.24. The van der Waals surface area contributed by atoms with Gasteiger partial charge in [-0.15, -0.1) is 0 Å². The number of amides is 1. The zero-order valence-corrected chi connectivity index (χ0v) is 12.1. The minimum atomic E-state index is -0.735. The molecule has 0 aliphatic heterocycles. The molecule has 2 aliphatic rings. The second-order valence-electron chi connectivity index (χ2n) is 6.60. The zero-order chi connectivity index (χ0) is 13.7. The third kappa shape index (κ3) is 3.49. The van der Waals surface area contributed by atoms with Crippen LogP contribution in [0.3, 0.4) is 0 Å². The molecule has 106 valence electrons. The van der Waals surface area contributed by atoms with Crippen molar-refractivity contribution in [3.63, 3.8) is 0 Å². The summed E-state index contributed by atoms with van der Waals surface area (Å²) in [7, 11) is 0. The van der Waals surface area contributed by atoms with E-state index < -0.39 is 5.41 Å².